The molecule has 1 aliphatic heterocycles. The smallest absolute Gasteiger partial charge is 0.369 e. The summed E-state index contributed by atoms with van der Waals surface area (Å²) in [6, 6.07) is 10.1. The van der Waals surface area contributed by atoms with Crippen LogP contribution in [0.4, 0.5) is 0 Å². The Hall–Kier alpha value is -2.73. The maximum Gasteiger partial charge on any atom is 0.369 e. The summed E-state index contributed by atoms with van der Waals surface area (Å²) in [5.74, 6) is 1.03. The standard InChI is InChI=1S/C19H18ClNO5/c1-11-8-16(14-6-5-13(23-2)10-18(14)25-11)21-26-19(22)15-9-12(20)4-7-17(15)24-3/h4-7,9-11H,8H2,1-3H3/b21-16-. The molecule has 1 aliphatic rings. The molecule has 0 amide bonds. The molecule has 0 aromatic heterocycles. The molecule has 0 saturated carbocycles. The molecule has 6 nitrogen and oxygen atoms in total. The van der Waals surface area contributed by atoms with Crippen LogP contribution in [-0.2, 0) is 4.84 Å². The fourth-order valence-corrected chi connectivity index (χ4v) is 2.85. The minimum absolute atomic E-state index is 0.104. The highest BCUT2D eigenvalue weighted by molar-refractivity contribution is 6.31. The lowest BCUT2D eigenvalue weighted by molar-refractivity contribution is 0.0509. The normalized spacial score (nSPS) is 17.2. The maximum absolute atomic E-state index is 12.4. The lowest BCUT2D eigenvalue weighted by Crippen LogP contribution is -2.25. The van der Waals surface area contributed by atoms with E-state index in [-0.39, 0.29) is 11.7 Å². The van der Waals surface area contributed by atoms with Crippen LogP contribution in [0.25, 0.3) is 0 Å². The van der Waals surface area contributed by atoms with E-state index in [1.165, 1.54) is 13.2 Å². The number of halogens is 1. The molecule has 0 bridgehead atoms. The molecule has 0 radical (unpaired) electrons. The molecule has 3 rings (SSSR count). The minimum Gasteiger partial charge on any atom is -0.497 e. The van der Waals surface area contributed by atoms with Crippen molar-refractivity contribution < 1.29 is 23.8 Å². The summed E-state index contributed by atoms with van der Waals surface area (Å²) in [6.07, 6.45) is 0.409. The van der Waals surface area contributed by atoms with Crippen molar-refractivity contribution in [3.8, 4) is 17.2 Å². The van der Waals surface area contributed by atoms with Crippen LogP contribution in [0, 0.1) is 0 Å². The SMILES string of the molecule is COc1ccc2c(c1)OC(C)C/C2=N/OC(=O)c1cc(Cl)ccc1OC. The maximum atomic E-state index is 12.4. The fourth-order valence-electron chi connectivity index (χ4n) is 2.68. The Labute approximate surface area is 156 Å². The molecular weight excluding hydrogens is 358 g/mol. The molecule has 26 heavy (non-hydrogen) atoms. The van der Waals surface area contributed by atoms with Gasteiger partial charge in [-0.1, -0.05) is 16.8 Å². The van der Waals surface area contributed by atoms with Gasteiger partial charge in [0, 0.05) is 23.1 Å². The topological polar surface area (TPSA) is 66.3 Å². The zero-order valence-electron chi connectivity index (χ0n) is 14.6. The molecule has 1 atom stereocenters. The number of rotatable bonds is 4. The number of ether oxygens (including phenoxy) is 3. The third kappa shape index (κ3) is 3.75. The van der Waals surface area contributed by atoms with Crippen molar-refractivity contribution in [2.45, 2.75) is 19.4 Å². The molecule has 0 fully saturated rings. The van der Waals surface area contributed by atoms with E-state index < -0.39 is 5.97 Å². The highest BCUT2D eigenvalue weighted by Crippen LogP contribution is 2.32. The first-order valence-electron chi connectivity index (χ1n) is 7.98. The van der Waals surface area contributed by atoms with Gasteiger partial charge >= 0.3 is 5.97 Å². The summed E-state index contributed by atoms with van der Waals surface area (Å²) in [5, 5.41) is 4.46. The van der Waals surface area contributed by atoms with E-state index in [9.17, 15) is 4.79 Å². The lowest BCUT2D eigenvalue weighted by atomic mass is 10.0. The van der Waals surface area contributed by atoms with Gasteiger partial charge in [0.15, 0.2) is 0 Å². The average Bonchev–Trinajstić information content (AvgIpc) is 2.65. The largest absolute Gasteiger partial charge is 0.497 e. The van der Waals surface area contributed by atoms with E-state index in [0.29, 0.717) is 34.4 Å². The number of carbonyl (C=O) groups excluding carboxylic acids is 1. The van der Waals surface area contributed by atoms with Crippen LogP contribution in [0.2, 0.25) is 5.02 Å². The number of benzene rings is 2. The van der Waals surface area contributed by atoms with Gasteiger partial charge in [0.2, 0.25) is 0 Å². The first-order valence-corrected chi connectivity index (χ1v) is 8.36. The van der Waals surface area contributed by atoms with Crippen molar-refractivity contribution in [3.05, 3.63) is 52.5 Å². The molecule has 0 saturated heterocycles. The lowest BCUT2D eigenvalue weighted by Gasteiger charge is -2.24. The third-order valence-electron chi connectivity index (χ3n) is 3.93. The number of hydrogen-bond donors (Lipinski definition) is 0. The van der Waals surface area contributed by atoms with E-state index in [4.69, 9.17) is 30.6 Å². The average molecular weight is 376 g/mol. The van der Waals surface area contributed by atoms with Crippen molar-refractivity contribution in [2.24, 2.45) is 5.16 Å². The van der Waals surface area contributed by atoms with E-state index in [1.807, 2.05) is 13.0 Å². The van der Waals surface area contributed by atoms with Crippen LogP contribution in [0.5, 0.6) is 17.2 Å². The fraction of sp³-hybridized carbons (Fsp3) is 0.263. The predicted octanol–water partition coefficient (Wildman–Crippen LogP) is 4.09. The van der Waals surface area contributed by atoms with Crippen molar-refractivity contribution in [2.75, 3.05) is 14.2 Å². The highest BCUT2D eigenvalue weighted by Gasteiger charge is 2.24. The monoisotopic (exact) mass is 375 g/mol. The second kappa shape index (κ2) is 7.66. The first kappa shape index (κ1) is 18.1. The van der Waals surface area contributed by atoms with Crippen LogP contribution >= 0.6 is 11.6 Å². The number of carbonyl (C=O) groups is 1. The van der Waals surface area contributed by atoms with E-state index >= 15 is 0 Å². The van der Waals surface area contributed by atoms with E-state index in [0.717, 1.165) is 5.56 Å². The second-order valence-electron chi connectivity index (χ2n) is 5.76. The highest BCUT2D eigenvalue weighted by atomic mass is 35.5. The van der Waals surface area contributed by atoms with E-state index in [2.05, 4.69) is 5.16 Å². The molecular formula is C19H18ClNO5. The summed E-state index contributed by atoms with van der Waals surface area (Å²) in [4.78, 5) is 17.5. The number of fused-ring (bicyclic) bond motifs is 1. The van der Waals surface area contributed by atoms with Crippen LogP contribution in [0.3, 0.4) is 0 Å². The third-order valence-corrected chi connectivity index (χ3v) is 4.16. The van der Waals surface area contributed by atoms with E-state index in [1.54, 1.807) is 31.4 Å². The summed E-state index contributed by atoms with van der Waals surface area (Å²) in [7, 11) is 3.05. The molecule has 2 aromatic rings. The molecule has 0 aliphatic carbocycles. The number of nitrogens with zero attached hydrogens (tertiary/aromatic N) is 1. The Morgan fingerprint density at radius 2 is 2.00 bits per heavy atom. The minimum atomic E-state index is -0.647. The molecule has 0 N–H and O–H groups in total. The zero-order valence-corrected chi connectivity index (χ0v) is 15.4. The van der Waals surface area contributed by atoms with Gasteiger partial charge in [-0.25, -0.2) is 4.79 Å². The summed E-state index contributed by atoms with van der Waals surface area (Å²) in [5.41, 5.74) is 1.59. The van der Waals surface area contributed by atoms with Crippen molar-refractivity contribution in [3.63, 3.8) is 0 Å². The predicted molar refractivity (Wildman–Crippen MR) is 97.7 cm³/mol. The van der Waals surface area contributed by atoms with Crippen molar-refractivity contribution in [1.29, 1.82) is 0 Å². The molecule has 2 aromatic carbocycles. The molecule has 0 spiro atoms. The number of oxime groups is 1. The number of methoxy groups -OCH3 is 2. The van der Waals surface area contributed by atoms with Gasteiger partial charge in [-0.2, -0.15) is 0 Å². The van der Waals surface area contributed by atoms with Crippen LogP contribution in [0.1, 0.15) is 29.3 Å². The van der Waals surface area contributed by atoms with Gasteiger partial charge in [0.25, 0.3) is 0 Å². The Bertz CT molecular complexity index is 865. The Morgan fingerprint density at radius 1 is 1.19 bits per heavy atom. The summed E-state index contributed by atoms with van der Waals surface area (Å²) < 4.78 is 16.2. The van der Waals surface area contributed by atoms with Crippen molar-refractivity contribution >= 4 is 23.3 Å². The molecule has 1 unspecified atom stereocenters. The van der Waals surface area contributed by atoms with Crippen molar-refractivity contribution in [1.82, 2.24) is 0 Å². The van der Waals surface area contributed by atoms with Gasteiger partial charge < -0.3 is 19.0 Å². The van der Waals surface area contributed by atoms with Crippen LogP contribution < -0.4 is 14.2 Å². The van der Waals surface area contributed by atoms with Gasteiger partial charge in [-0.05, 0) is 37.3 Å². The van der Waals surface area contributed by atoms with Gasteiger partial charge in [-0.3, -0.25) is 0 Å². The molecule has 7 heteroatoms. The van der Waals surface area contributed by atoms with Gasteiger partial charge in [0.1, 0.15) is 28.9 Å². The summed E-state index contributed by atoms with van der Waals surface area (Å²) >= 11 is 5.95. The van der Waals surface area contributed by atoms with Gasteiger partial charge in [-0.15, -0.1) is 0 Å². The van der Waals surface area contributed by atoms with Crippen LogP contribution in [0.15, 0.2) is 41.6 Å². The quantitative estimate of drug-likeness (QED) is 0.594. The summed E-state index contributed by atoms with van der Waals surface area (Å²) in [6.45, 7) is 1.92. The second-order valence-corrected chi connectivity index (χ2v) is 6.19. The first-order chi connectivity index (χ1) is 12.5. The molecule has 1 heterocycles. The number of hydrogen-bond acceptors (Lipinski definition) is 6. The van der Waals surface area contributed by atoms with Gasteiger partial charge in [0.05, 0.1) is 19.9 Å². The molecule has 136 valence electrons. The Balaban J connectivity index is 1.87. The Kier molecular flexibility index (Phi) is 5.32. The zero-order chi connectivity index (χ0) is 18.7. The van der Waals surface area contributed by atoms with Crippen LogP contribution in [-0.4, -0.2) is 32.0 Å². The Morgan fingerprint density at radius 3 is 2.73 bits per heavy atom.